The first-order valence-electron chi connectivity index (χ1n) is 8.73. The van der Waals surface area contributed by atoms with Crippen LogP contribution in [-0.4, -0.2) is 18.2 Å². The SMILES string of the molecule is CC(C)(CCCC#Cc1c(CO)[n+]([O-])cc2cc(F)ccc12)[Si](C)(C)O. The molecule has 2 rings (SSSR count). The van der Waals surface area contributed by atoms with Gasteiger partial charge >= 0.3 is 0 Å². The maximum atomic E-state index is 13.4. The monoisotopic (exact) mass is 375 g/mol. The summed E-state index contributed by atoms with van der Waals surface area (Å²) in [6.07, 6.45) is 3.58. The summed E-state index contributed by atoms with van der Waals surface area (Å²) in [5.74, 6) is 5.62. The minimum Gasteiger partial charge on any atom is -0.618 e. The number of hydrogen-bond donors (Lipinski definition) is 2. The van der Waals surface area contributed by atoms with E-state index in [1.54, 1.807) is 6.07 Å². The largest absolute Gasteiger partial charge is 0.618 e. The highest BCUT2D eigenvalue weighted by molar-refractivity contribution is 6.72. The number of aliphatic hydroxyl groups excluding tert-OH is 1. The van der Waals surface area contributed by atoms with Gasteiger partial charge in [0.1, 0.15) is 18.0 Å². The summed E-state index contributed by atoms with van der Waals surface area (Å²) < 4.78 is 14.0. The topological polar surface area (TPSA) is 67.4 Å². The van der Waals surface area contributed by atoms with Gasteiger partial charge in [0.25, 0.3) is 0 Å². The summed E-state index contributed by atoms with van der Waals surface area (Å²) >= 11 is 0. The molecule has 0 aliphatic carbocycles. The van der Waals surface area contributed by atoms with Crippen molar-refractivity contribution in [1.82, 2.24) is 0 Å². The highest BCUT2D eigenvalue weighted by Crippen LogP contribution is 2.39. The van der Waals surface area contributed by atoms with Gasteiger partial charge in [-0.15, -0.1) is 0 Å². The lowest BCUT2D eigenvalue weighted by Gasteiger charge is -2.34. The van der Waals surface area contributed by atoms with Crippen molar-refractivity contribution in [2.75, 3.05) is 0 Å². The number of fused-ring (bicyclic) bond motifs is 1. The highest BCUT2D eigenvalue weighted by atomic mass is 28.4. The van der Waals surface area contributed by atoms with E-state index in [-0.39, 0.29) is 10.7 Å². The fourth-order valence-corrected chi connectivity index (χ4v) is 3.49. The fourth-order valence-electron chi connectivity index (χ4n) is 2.70. The van der Waals surface area contributed by atoms with Gasteiger partial charge in [0.2, 0.25) is 5.69 Å². The van der Waals surface area contributed by atoms with E-state index in [9.17, 15) is 19.5 Å². The molecule has 0 saturated heterocycles. The molecular formula is C20H26FNO3Si. The third-order valence-corrected chi connectivity index (χ3v) is 8.78. The van der Waals surface area contributed by atoms with Crippen LogP contribution < -0.4 is 4.73 Å². The van der Waals surface area contributed by atoms with Crippen LogP contribution in [-0.2, 0) is 6.61 Å². The van der Waals surface area contributed by atoms with E-state index in [0.717, 1.165) is 12.8 Å². The maximum Gasteiger partial charge on any atom is 0.234 e. The van der Waals surface area contributed by atoms with E-state index in [1.165, 1.54) is 18.3 Å². The second-order valence-corrected chi connectivity index (χ2v) is 12.2. The van der Waals surface area contributed by atoms with Crippen LogP contribution in [0.25, 0.3) is 10.8 Å². The Bertz CT molecular complexity index is 863. The van der Waals surface area contributed by atoms with Crippen molar-refractivity contribution in [3.05, 3.63) is 46.7 Å². The predicted molar refractivity (Wildman–Crippen MR) is 103 cm³/mol. The van der Waals surface area contributed by atoms with Crippen LogP contribution in [0.3, 0.4) is 0 Å². The molecule has 1 heterocycles. The van der Waals surface area contributed by atoms with E-state index >= 15 is 0 Å². The molecule has 4 nitrogen and oxygen atoms in total. The van der Waals surface area contributed by atoms with E-state index in [0.29, 0.717) is 27.5 Å². The Kier molecular flexibility index (Phi) is 6.07. The summed E-state index contributed by atoms with van der Waals surface area (Å²) in [6, 6.07) is 4.18. The molecule has 2 N–H and O–H groups in total. The summed E-state index contributed by atoms with van der Waals surface area (Å²) in [4.78, 5) is 10.3. The number of aromatic nitrogens is 1. The molecule has 0 fully saturated rings. The molecule has 0 aliphatic heterocycles. The first kappa shape index (κ1) is 20.4. The number of rotatable bonds is 5. The van der Waals surface area contributed by atoms with Gasteiger partial charge in [-0.3, -0.25) is 0 Å². The molecular weight excluding hydrogens is 349 g/mol. The van der Waals surface area contributed by atoms with Crippen LogP contribution in [0.2, 0.25) is 18.1 Å². The standard InChI is InChI=1S/C20H26FNO3Si/c1-20(2,26(3,4)25)11-7-5-6-8-18-17-10-9-16(21)12-15(17)13-22(24)19(18)14-23/h9-10,12-13,23,25H,5,7,11,14H2,1-4H3. The minimum absolute atomic E-state index is 0.0973. The van der Waals surface area contributed by atoms with E-state index < -0.39 is 20.7 Å². The summed E-state index contributed by atoms with van der Waals surface area (Å²) in [5, 5.41) is 22.6. The Morgan fingerprint density at radius 3 is 2.62 bits per heavy atom. The molecule has 2 aromatic rings. The number of nitrogens with zero attached hydrogens (tertiary/aromatic N) is 1. The third kappa shape index (κ3) is 4.42. The minimum atomic E-state index is -2.23. The lowest BCUT2D eigenvalue weighted by atomic mass is 10.0. The van der Waals surface area contributed by atoms with E-state index in [4.69, 9.17) is 0 Å². The fraction of sp³-hybridized carbons (Fsp3) is 0.450. The van der Waals surface area contributed by atoms with Crippen molar-refractivity contribution in [2.45, 2.75) is 57.8 Å². The predicted octanol–water partition coefficient (Wildman–Crippen LogP) is 3.60. The molecule has 1 aromatic heterocycles. The Balaban J connectivity index is 2.25. The molecule has 0 saturated carbocycles. The van der Waals surface area contributed by atoms with Crippen molar-refractivity contribution in [3.8, 4) is 11.8 Å². The van der Waals surface area contributed by atoms with Crippen LogP contribution in [0, 0.1) is 22.9 Å². The van der Waals surface area contributed by atoms with Crippen LogP contribution in [0.5, 0.6) is 0 Å². The zero-order chi connectivity index (χ0) is 19.5. The third-order valence-electron chi connectivity index (χ3n) is 5.22. The summed E-state index contributed by atoms with van der Waals surface area (Å²) in [7, 11) is -2.23. The number of aliphatic hydroxyl groups is 1. The molecule has 26 heavy (non-hydrogen) atoms. The molecule has 140 valence electrons. The van der Waals surface area contributed by atoms with Gasteiger partial charge in [-0.2, -0.15) is 4.73 Å². The van der Waals surface area contributed by atoms with E-state index in [2.05, 4.69) is 25.7 Å². The summed E-state index contributed by atoms with van der Waals surface area (Å²) in [5.41, 5.74) is 0.608. The Morgan fingerprint density at radius 2 is 2.00 bits per heavy atom. The van der Waals surface area contributed by atoms with Gasteiger partial charge in [0.15, 0.2) is 14.5 Å². The zero-order valence-corrected chi connectivity index (χ0v) is 16.8. The number of pyridine rings is 1. The van der Waals surface area contributed by atoms with Crippen molar-refractivity contribution < 1.29 is 19.0 Å². The van der Waals surface area contributed by atoms with Gasteiger partial charge in [0, 0.05) is 11.8 Å². The van der Waals surface area contributed by atoms with Gasteiger partial charge in [-0.05, 0) is 49.2 Å². The number of halogens is 1. The highest BCUT2D eigenvalue weighted by Gasteiger charge is 2.37. The van der Waals surface area contributed by atoms with Crippen LogP contribution in [0.15, 0.2) is 24.4 Å². The Labute approximate surface area is 155 Å². The van der Waals surface area contributed by atoms with Crippen LogP contribution >= 0.6 is 0 Å². The van der Waals surface area contributed by atoms with Crippen molar-refractivity contribution >= 4 is 19.1 Å². The molecule has 0 atom stereocenters. The van der Waals surface area contributed by atoms with Gasteiger partial charge < -0.3 is 15.1 Å². The van der Waals surface area contributed by atoms with Crippen LogP contribution in [0.4, 0.5) is 4.39 Å². The Hall–Kier alpha value is -1.94. The second kappa shape index (κ2) is 7.75. The van der Waals surface area contributed by atoms with Gasteiger partial charge in [-0.1, -0.05) is 25.7 Å². The lowest BCUT2D eigenvalue weighted by Crippen LogP contribution is -2.38. The molecule has 0 radical (unpaired) electrons. The quantitative estimate of drug-likeness (QED) is 0.276. The van der Waals surface area contributed by atoms with Crippen molar-refractivity contribution in [3.63, 3.8) is 0 Å². The van der Waals surface area contributed by atoms with Crippen molar-refractivity contribution in [2.24, 2.45) is 0 Å². The number of benzene rings is 1. The number of unbranched alkanes of at least 4 members (excludes halogenated alkanes) is 1. The van der Waals surface area contributed by atoms with Crippen molar-refractivity contribution in [1.29, 1.82) is 0 Å². The second-order valence-electron chi connectivity index (χ2n) is 7.76. The Morgan fingerprint density at radius 1 is 1.31 bits per heavy atom. The molecule has 0 amide bonds. The number of hydrogen-bond acceptors (Lipinski definition) is 3. The molecule has 1 aromatic carbocycles. The molecule has 0 aliphatic rings. The van der Waals surface area contributed by atoms with Crippen LogP contribution in [0.1, 0.15) is 44.4 Å². The molecule has 6 heteroatoms. The summed E-state index contributed by atoms with van der Waals surface area (Å²) in [6.45, 7) is 7.60. The lowest BCUT2D eigenvalue weighted by molar-refractivity contribution is -0.615. The van der Waals surface area contributed by atoms with Gasteiger partial charge in [-0.25, -0.2) is 4.39 Å². The molecule has 0 bridgehead atoms. The van der Waals surface area contributed by atoms with Gasteiger partial charge in [0.05, 0.1) is 5.39 Å². The zero-order valence-electron chi connectivity index (χ0n) is 15.8. The first-order valence-corrected chi connectivity index (χ1v) is 11.7. The molecule has 0 unspecified atom stereocenters. The first-order chi connectivity index (χ1) is 12.1. The maximum absolute atomic E-state index is 13.4. The van der Waals surface area contributed by atoms with E-state index in [1.807, 2.05) is 13.1 Å². The smallest absolute Gasteiger partial charge is 0.234 e. The average Bonchev–Trinajstić information content (AvgIpc) is 2.52. The molecule has 0 spiro atoms. The average molecular weight is 376 g/mol. The normalized spacial score (nSPS) is 12.1.